The molecule has 1 aromatic rings. The van der Waals surface area contributed by atoms with Gasteiger partial charge >= 0.3 is 0 Å². The highest BCUT2D eigenvalue weighted by atomic mass is 35.5. The summed E-state index contributed by atoms with van der Waals surface area (Å²) in [5, 5.41) is 10.3. The molecule has 3 saturated heterocycles. The molecule has 3 aliphatic heterocycles. The number of carbonyl (C=O) groups is 1. The minimum Gasteiger partial charge on any atom is -0.396 e. The summed E-state index contributed by atoms with van der Waals surface area (Å²) in [6.45, 7) is 1.52. The van der Waals surface area contributed by atoms with Crippen molar-refractivity contribution in [1.82, 2.24) is 4.90 Å². The average Bonchev–Trinajstić information content (AvgIpc) is 3.16. The molecule has 2 bridgehead atoms. The molecule has 1 aromatic carbocycles. The standard InChI is InChI=1S/C17H20ClNO3/c18-14-4-2-1-3-11(14)7-16(21)19-8-13-12(9-20)15-5-6-17(13,10-19)22-15/h1-4,12-13,15,20H,5-10H2/t12-,13+,15+,17+/m0/s1. The first kappa shape index (κ1) is 14.5. The number of amides is 1. The molecule has 3 fully saturated rings. The molecule has 1 N–H and O–H groups in total. The lowest BCUT2D eigenvalue weighted by molar-refractivity contribution is -0.131. The molecule has 3 aliphatic rings. The third-order valence-corrected chi connectivity index (χ3v) is 6.02. The summed E-state index contributed by atoms with van der Waals surface area (Å²) in [6.07, 6.45) is 2.54. The maximum absolute atomic E-state index is 12.6. The highest BCUT2D eigenvalue weighted by Crippen LogP contribution is 2.54. The molecule has 118 valence electrons. The van der Waals surface area contributed by atoms with Gasteiger partial charge < -0.3 is 14.7 Å². The Morgan fingerprint density at radius 3 is 3.05 bits per heavy atom. The van der Waals surface area contributed by atoms with Crippen LogP contribution in [0.25, 0.3) is 0 Å². The SMILES string of the molecule is O=C(Cc1ccccc1Cl)N1C[C@@H]2[C@H](CO)[C@H]3CC[C@]2(C1)O3. The Hall–Kier alpha value is -1.10. The van der Waals surface area contributed by atoms with Crippen molar-refractivity contribution in [2.75, 3.05) is 19.7 Å². The summed E-state index contributed by atoms with van der Waals surface area (Å²) >= 11 is 6.15. The molecule has 4 nitrogen and oxygen atoms in total. The van der Waals surface area contributed by atoms with Crippen LogP contribution in [0.1, 0.15) is 18.4 Å². The van der Waals surface area contributed by atoms with Crippen LogP contribution in [-0.4, -0.2) is 47.3 Å². The Balaban J connectivity index is 1.49. The molecule has 5 heteroatoms. The van der Waals surface area contributed by atoms with Gasteiger partial charge in [-0.1, -0.05) is 29.8 Å². The molecule has 0 unspecified atom stereocenters. The van der Waals surface area contributed by atoms with Crippen LogP contribution in [0.15, 0.2) is 24.3 Å². The van der Waals surface area contributed by atoms with Crippen molar-refractivity contribution in [2.45, 2.75) is 31.0 Å². The van der Waals surface area contributed by atoms with E-state index >= 15 is 0 Å². The number of hydrogen-bond acceptors (Lipinski definition) is 3. The summed E-state index contributed by atoms with van der Waals surface area (Å²) in [5.41, 5.74) is 0.668. The number of aliphatic hydroxyl groups excluding tert-OH is 1. The molecule has 22 heavy (non-hydrogen) atoms. The fourth-order valence-electron chi connectivity index (χ4n) is 4.54. The van der Waals surface area contributed by atoms with Crippen LogP contribution >= 0.6 is 11.6 Å². The van der Waals surface area contributed by atoms with Gasteiger partial charge in [0, 0.05) is 30.0 Å². The van der Waals surface area contributed by atoms with Gasteiger partial charge in [0.05, 0.1) is 24.7 Å². The Morgan fingerprint density at radius 1 is 1.45 bits per heavy atom. The van der Waals surface area contributed by atoms with Crippen molar-refractivity contribution in [1.29, 1.82) is 0 Å². The highest BCUT2D eigenvalue weighted by Gasteiger charge is 2.63. The van der Waals surface area contributed by atoms with Crippen LogP contribution < -0.4 is 0 Å². The largest absolute Gasteiger partial charge is 0.396 e. The lowest BCUT2D eigenvalue weighted by atomic mass is 9.74. The maximum atomic E-state index is 12.6. The lowest BCUT2D eigenvalue weighted by Gasteiger charge is -2.27. The third-order valence-electron chi connectivity index (χ3n) is 5.65. The van der Waals surface area contributed by atoms with Gasteiger partial charge in [-0.25, -0.2) is 0 Å². The molecule has 1 amide bonds. The van der Waals surface area contributed by atoms with Gasteiger partial charge in [0.1, 0.15) is 0 Å². The summed E-state index contributed by atoms with van der Waals surface area (Å²) in [5.74, 6) is 0.568. The molecular weight excluding hydrogens is 302 g/mol. The minimum absolute atomic E-state index is 0.0978. The number of ether oxygens (including phenoxy) is 1. The second kappa shape index (κ2) is 5.22. The quantitative estimate of drug-likeness (QED) is 0.925. The lowest BCUT2D eigenvalue weighted by Crippen LogP contribution is -2.38. The topological polar surface area (TPSA) is 49.8 Å². The zero-order valence-electron chi connectivity index (χ0n) is 12.4. The van der Waals surface area contributed by atoms with Crippen molar-refractivity contribution in [2.24, 2.45) is 11.8 Å². The first-order chi connectivity index (χ1) is 10.6. The second-order valence-corrected chi connectivity index (χ2v) is 7.16. The molecule has 0 aliphatic carbocycles. The normalized spacial score (nSPS) is 35.9. The van der Waals surface area contributed by atoms with E-state index in [0.717, 1.165) is 18.4 Å². The van der Waals surface area contributed by atoms with Crippen molar-refractivity contribution >= 4 is 17.5 Å². The fraction of sp³-hybridized carbons (Fsp3) is 0.588. The maximum Gasteiger partial charge on any atom is 0.227 e. The molecule has 1 spiro atoms. The first-order valence-corrected chi connectivity index (χ1v) is 8.30. The van der Waals surface area contributed by atoms with E-state index in [0.29, 0.717) is 24.5 Å². The molecule has 4 rings (SSSR count). The van der Waals surface area contributed by atoms with Crippen molar-refractivity contribution in [3.8, 4) is 0 Å². The van der Waals surface area contributed by atoms with Gasteiger partial charge in [-0.05, 0) is 24.5 Å². The van der Waals surface area contributed by atoms with E-state index in [4.69, 9.17) is 16.3 Å². The highest BCUT2D eigenvalue weighted by molar-refractivity contribution is 6.31. The predicted octanol–water partition coefficient (Wildman–Crippen LogP) is 1.88. The van der Waals surface area contributed by atoms with E-state index in [1.165, 1.54) is 0 Å². The van der Waals surface area contributed by atoms with Gasteiger partial charge in [-0.15, -0.1) is 0 Å². The molecular formula is C17H20ClNO3. The smallest absolute Gasteiger partial charge is 0.227 e. The number of nitrogens with zero attached hydrogens (tertiary/aromatic N) is 1. The number of hydrogen-bond donors (Lipinski definition) is 1. The molecule has 0 aromatic heterocycles. The molecule has 4 atom stereocenters. The van der Waals surface area contributed by atoms with Gasteiger partial charge in [-0.2, -0.15) is 0 Å². The number of rotatable bonds is 3. The van der Waals surface area contributed by atoms with Crippen LogP contribution in [0.4, 0.5) is 0 Å². The number of aliphatic hydroxyl groups is 1. The fourth-order valence-corrected chi connectivity index (χ4v) is 4.74. The number of carbonyl (C=O) groups excluding carboxylic acids is 1. The predicted molar refractivity (Wildman–Crippen MR) is 82.6 cm³/mol. The summed E-state index contributed by atoms with van der Waals surface area (Å²) in [6, 6.07) is 7.48. The molecule has 0 saturated carbocycles. The average molecular weight is 322 g/mol. The minimum atomic E-state index is -0.200. The Kier molecular flexibility index (Phi) is 3.44. The van der Waals surface area contributed by atoms with E-state index < -0.39 is 0 Å². The van der Waals surface area contributed by atoms with Crippen molar-refractivity contribution in [3.63, 3.8) is 0 Å². The first-order valence-electron chi connectivity index (χ1n) is 7.93. The summed E-state index contributed by atoms with van der Waals surface area (Å²) < 4.78 is 6.16. The summed E-state index contributed by atoms with van der Waals surface area (Å²) in [7, 11) is 0. The van der Waals surface area contributed by atoms with Crippen LogP contribution in [-0.2, 0) is 16.0 Å². The zero-order valence-corrected chi connectivity index (χ0v) is 13.1. The van der Waals surface area contributed by atoms with Crippen LogP contribution in [0.2, 0.25) is 5.02 Å². The monoisotopic (exact) mass is 321 g/mol. The van der Waals surface area contributed by atoms with Gasteiger partial charge in [-0.3, -0.25) is 4.79 Å². The van der Waals surface area contributed by atoms with Crippen LogP contribution in [0.5, 0.6) is 0 Å². The Bertz CT molecular complexity index is 607. The molecule has 0 radical (unpaired) electrons. The van der Waals surface area contributed by atoms with Crippen LogP contribution in [0, 0.1) is 11.8 Å². The Morgan fingerprint density at radius 2 is 2.27 bits per heavy atom. The van der Waals surface area contributed by atoms with E-state index in [1.807, 2.05) is 29.2 Å². The number of benzene rings is 1. The number of fused-ring (bicyclic) bond motifs is 1. The van der Waals surface area contributed by atoms with E-state index in [1.54, 1.807) is 0 Å². The zero-order chi connectivity index (χ0) is 15.3. The van der Waals surface area contributed by atoms with Gasteiger partial charge in [0.25, 0.3) is 0 Å². The Labute approximate surface area is 135 Å². The second-order valence-electron chi connectivity index (χ2n) is 6.76. The molecule has 3 heterocycles. The van der Waals surface area contributed by atoms with Crippen LogP contribution in [0.3, 0.4) is 0 Å². The van der Waals surface area contributed by atoms with E-state index in [-0.39, 0.29) is 36.1 Å². The van der Waals surface area contributed by atoms with Crippen molar-refractivity contribution < 1.29 is 14.6 Å². The summed E-state index contributed by atoms with van der Waals surface area (Å²) in [4.78, 5) is 14.5. The van der Waals surface area contributed by atoms with Crippen molar-refractivity contribution in [3.05, 3.63) is 34.9 Å². The van der Waals surface area contributed by atoms with Gasteiger partial charge in [0.2, 0.25) is 5.91 Å². The number of halogens is 1. The number of likely N-dealkylation sites (tertiary alicyclic amines) is 1. The van der Waals surface area contributed by atoms with Gasteiger partial charge in [0.15, 0.2) is 0 Å². The third kappa shape index (κ3) is 2.08. The van der Waals surface area contributed by atoms with E-state index in [2.05, 4.69) is 0 Å². The van der Waals surface area contributed by atoms with E-state index in [9.17, 15) is 9.90 Å².